The molecule has 0 radical (unpaired) electrons. The van der Waals surface area contributed by atoms with Gasteiger partial charge in [-0.3, -0.25) is 4.79 Å². The van der Waals surface area contributed by atoms with Crippen molar-refractivity contribution in [3.63, 3.8) is 0 Å². The second kappa shape index (κ2) is 9.36. The number of esters is 1. The van der Waals surface area contributed by atoms with Gasteiger partial charge in [0.15, 0.2) is 0 Å². The smallest absolute Gasteiger partial charge is 0.408 e. The van der Waals surface area contributed by atoms with Gasteiger partial charge in [0, 0.05) is 12.3 Å². The van der Waals surface area contributed by atoms with Gasteiger partial charge in [0.25, 0.3) is 0 Å². The average molecular weight is 434 g/mol. The number of nitrogens with one attached hydrogen (secondary N) is 2. The molecular weight excluding hydrogens is 408 g/mol. The number of rotatable bonds is 5. The van der Waals surface area contributed by atoms with Crippen LogP contribution in [0.3, 0.4) is 0 Å². The standard InChI is InChI=1S/C21H26N2O8/c1-10(22-21(29)30-9-12-6-4-3-5-7-12)19(27)23-17-11(2)31-20(28)15-13(24)8-14(25)18(26)16(15)17/h3-7,10-11,14,16-18,24-26H,8-9H2,1-2H3,(H,22,29)(H,23,27)/t10-,11-,14+,16?,17-,18-/m0/s1. The maximum Gasteiger partial charge on any atom is 0.408 e. The van der Waals surface area contributed by atoms with Crippen LogP contribution in [0.25, 0.3) is 0 Å². The zero-order valence-corrected chi connectivity index (χ0v) is 17.1. The molecule has 6 atom stereocenters. The zero-order valence-electron chi connectivity index (χ0n) is 17.1. The number of cyclic esters (lactones) is 1. The predicted molar refractivity (Wildman–Crippen MR) is 106 cm³/mol. The molecule has 0 saturated carbocycles. The van der Waals surface area contributed by atoms with Crippen molar-refractivity contribution in [2.24, 2.45) is 5.92 Å². The van der Waals surface area contributed by atoms with Crippen molar-refractivity contribution in [2.75, 3.05) is 0 Å². The maximum atomic E-state index is 12.6. The summed E-state index contributed by atoms with van der Waals surface area (Å²) in [6, 6.07) is 7.11. The monoisotopic (exact) mass is 434 g/mol. The van der Waals surface area contributed by atoms with Gasteiger partial charge < -0.3 is 35.4 Å². The average Bonchev–Trinajstić information content (AvgIpc) is 2.72. The number of amides is 2. The summed E-state index contributed by atoms with van der Waals surface area (Å²) < 4.78 is 10.3. The Morgan fingerprint density at radius 1 is 1.26 bits per heavy atom. The molecule has 1 aromatic rings. The fourth-order valence-corrected chi connectivity index (χ4v) is 3.78. The SMILES string of the molecule is C[C@H](NC(=O)OCc1ccccc1)C(=O)N[C@@H]1C2C(=C(O)C[C@@H](O)[C@@H]2O)C(=O)O[C@H]1C. The van der Waals surface area contributed by atoms with E-state index in [-0.39, 0.29) is 24.4 Å². The van der Waals surface area contributed by atoms with Crippen molar-refractivity contribution < 1.29 is 39.2 Å². The van der Waals surface area contributed by atoms with Crippen LogP contribution in [0.2, 0.25) is 0 Å². The lowest BCUT2D eigenvalue weighted by atomic mass is 9.74. The number of carbonyl (C=O) groups excluding carboxylic acids is 3. The molecule has 168 valence electrons. The number of fused-ring (bicyclic) bond motifs is 1. The number of aliphatic hydroxyl groups is 3. The van der Waals surface area contributed by atoms with E-state index in [1.807, 2.05) is 18.2 Å². The molecule has 0 spiro atoms. The molecule has 1 heterocycles. The molecule has 2 amide bonds. The predicted octanol–water partition coefficient (Wildman–Crippen LogP) is 0.285. The van der Waals surface area contributed by atoms with E-state index < -0.39 is 54.3 Å². The van der Waals surface area contributed by atoms with Crippen LogP contribution in [0.1, 0.15) is 25.8 Å². The Morgan fingerprint density at radius 2 is 1.94 bits per heavy atom. The number of benzene rings is 1. The van der Waals surface area contributed by atoms with Gasteiger partial charge in [0.1, 0.15) is 24.5 Å². The van der Waals surface area contributed by atoms with Gasteiger partial charge in [-0.25, -0.2) is 9.59 Å². The number of carbonyl (C=O) groups is 3. The molecule has 0 bridgehead atoms. The molecule has 1 unspecified atom stereocenters. The summed E-state index contributed by atoms with van der Waals surface area (Å²) in [6.07, 6.45) is -4.60. The lowest BCUT2D eigenvalue weighted by molar-refractivity contribution is -0.159. The highest BCUT2D eigenvalue weighted by atomic mass is 16.6. The van der Waals surface area contributed by atoms with Gasteiger partial charge in [-0.15, -0.1) is 0 Å². The van der Waals surface area contributed by atoms with E-state index in [9.17, 15) is 29.7 Å². The van der Waals surface area contributed by atoms with Crippen LogP contribution in [0.15, 0.2) is 41.7 Å². The molecule has 2 aliphatic rings. The Kier molecular flexibility index (Phi) is 6.81. The lowest BCUT2D eigenvalue weighted by Crippen LogP contribution is -2.62. The van der Waals surface area contributed by atoms with E-state index in [0.29, 0.717) is 0 Å². The first kappa shape index (κ1) is 22.6. The molecule has 3 rings (SSSR count). The van der Waals surface area contributed by atoms with Crippen LogP contribution in [0, 0.1) is 5.92 Å². The highest BCUT2D eigenvalue weighted by Gasteiger charge is 2.51. The summed E-state index contributed by atoms with van der Waals surface area (Å²) in [7, 11) is 0. The van der Waals surface area contributed by atoms with Crippen molar-refractivity contribution in [3.8, 4) is 0 Å². The minimum absolute atomic E-state index is 0.0379. The summed E-state index contributed by atoms with van der Waals surface area (Å²) in [6.45, 7) is 3.01. The molecular formula is C21H26N2O8. The number of aliphatic hydroxyl groups excluding tert-OH is 3. The maximum absolute atomic E-state index is 12.6. The Labute approximate surface area is 178 Å². The molecule has 1 aliphatic carbocycles. The second-order valence-electron chi connectivity index (χ2n) is 7.72. The van der Waals surface area contributed by atoms with Gasteiger partial charge in [-0.1, -0.05) is 30.3 Å². The van der Waals surface area contributed by atoms with Crippen LogP contribution in [0.4, 0.5) is 4.79 Å². The van der Waals surface area contributed by atoms with Gasteiger partial charge in [0.2, 0.25) is 5.91 Å². The van der Waals surface area contributed by atoms with Crippen LogP contribution < -0.4 is 10.6 Å². The minimum Gasteiger partial charge on any atom is -0.512 e. The third-order valence-electron chi connectivity index (χ3n) is 5.46. The number of ether oxygens (including phenoxy) is 2. The van der Waals surface area contributed by atoms with Crippen molar-refractivity contribution >= 4 is 18.0 Å². The molecule has 0 aromatic heterocycles. The third-order valence-corrected chi connectivity index (χ3v) is 5.46. The van der Waals surface area contributed by atoms with Gasteiger partial charge >= 0.3 is 12.1 Å². The molecule has 1 aliphatic heterocycles. The fraction of sp³-hybridized carbons (Fsp3) is 0.476. The van der Waals surface area contributed by atoms with E-state index in [2.05, 4.69) is 10.6 Å². The van der Waals surface area contributed by atoms with Gasteiger partial charge in [-0.2, -0.15) is 0 Å². The molecule has 31 heavy (non-hydrogen) atoms. The molecule has 1 aromatic carbocycles. The molecule has 10 heteroatoms. The van der Waals surface area contributed by atoms with Crippen LogP contribution >= 0.6 is 0 Å². The van der Waals surface area contributed by atoms with E-state index in [1.54, 1.807) is 12.1 Å². The van der Waals surface area contributed by atoms with Crippen LogP contribution in [-0.4, -0.2) is 63.7 Å². The largest absolute Gasteiger partial charge is 0.512 e. The Hall–Kier alpha value is -3.11. The fourth-order valence-electron chi connectivity index (χ4n) is 3.78. The summed E-state index contributed by atoms with van der Waals surface area (Å²) >= 11 is 0. The lowest BCUT2D eigenvalue weighted by Gasteiger charge is -2.43. The second-order valence-corrected chi connectivity index (χ2v) is 7.72. The van der Waals surface area contributed by atoms with E-state index >= 15 is 0 Å². The van der Waals surface area contributed by atoms with E-state index in [4.69, 9.17) is 9.47 Å². The van der Waals surface area contributed by atoms with E-state index in [1.165, 1.54) is 13.8 Å². The summed E-state index contributed by atoms with van der Waals surface area (Å²) in [5.41, 5.74) is 0.626. The molecule has 1 saturated heterocycles. The van der Waals surface area contributed by atoms with Crippen molar-refractivity contribution in [1.82, 2.24) is 10.6 Å². The normalized spacial score (nSPS) is 28.8. The summed E-state index contributed by atoms with van der Waals surface area (Å²) in [4.78, 5) is 36.8. The van der Waals surface area contributed by atoms with Crippen LogP contribution in [0.5, 0.6) is 0 Å². The topological polar surface area (TPSA) is 154 Å². The Balaban J connectivity index is 1.63. The third kappa shape index (κ3) is 4.97. The Morgan fingerprint density at radius 3 is 2.61 bits per heavy atom. The number of hydrogen-bond acceptors (Lipinski definition) is 8. The number of hydrogen-bond donors (Lipinski definition) is 5. The molecule has 1 fully saturated rings. The molecule has 5 N–H and O–H groups in total. The van der Waals surface area contributed by atoms with Gasteiger partial charge in [-0.05, 0) is 19.4 Å². The van der Waals surface area contributed by atoms with Gasteiger partial charge in [0.05, 0.1) is 23.8 Å². The van der Waals surface area contributed by atoms with Crippen molar-refractivity contribution in [1.29, 1.82) is 0 Å². The highest BCUT2D eigenvalue weighted by Crippen LogP contribution is 2.37. The summed E-state index contributed by atoms with van der Waals surface area (Å²) in [5.74, 6) is -2.85. The Bertz CT molecular complexity index is 871. The first-order valence-electron chi connectivity index (χ1n) is 9.95. The van der Waals surface area contributed by atoms with Crippen LogP contribution in [-0.2, 0) is 25.7 Å². The first-order valence-corrected chi connectivity index (χ1v) is 9.95. The van der Waals surface area contributed by atoms with Crippen molar-refractivity contribution in [3.05, 3.63) is 47.2 Å². The van der Waals surface area contributed by atoms with Crippen molar-refractivity contribution in [2.45, 2.75) is 57.3 Å². The minimum atomic E-state index is -1.38. The van der Waals surface area contributed by atoms with E-state index in [0.717, 1.165) is 5.56 Å². The quantitative estimate of drug-likeness (QED) is 0.414. The summed E-state index contributed by atoms with van der Waals surface area (Å²) in [5, 5.41) is 35.6. The molecule has 10 nitrogen and oxygen atoms in total. The first-order chi connectivity index (χ1) is 14.7. The number of alkyl carbamates (subject to hydrolysis) is 1. The highest BCUT2D eigenvalue weighted by molar-refractivity contribution is 5.92. The zero-order chi connectivity index (χ0) is 22.7.